The third-order valence-electron chi connectivity index (χ3n) is 3.61. The first-order valence-corrected chi connectivity index (χ1v) is 6.95. The Morgan fingerprint density at radius 3 is 2.35 bits per heavy atom. The van der Waals surface area contributed by atoms with Crippen molar-refractivity contribution in [3.05, 3.63) is 70.3 Å². The minimum absolute atomic E-state index is 0.563. The predicted octanol–water partition coefficient (Wildman–Crippen LogP) is 3.57. The molecule has 1 N–H and O–H groups in total. The van der Waals surface area contributed by atoms with Crippen molar-refractivity contribution in [3.8, 4) is 0 Å². The van der Waals surface area contributed by atoms with E-state index in [9.17, 15) is 5.11 Å². The number of aliphatic hydroxyl groups excluding tert-OH is 1. The molecule has 0 bridgehead atoms. The normalized spacial score (nSPS) is 12.4. The van der Waals surface area contributed by atoms with Gasteiger partial charge in [-0.15, -0.1) is 0 Å². The molecule has 0 aliphatic rings. The van der Waals surface area contributed by atoms with Crippen LogP contribution in [0.4, 0.5) is 0 Å². The van der Waals surface area contributed by atoms with Crippen molar-refractivity contribution in [2.24, 2.45) is 0 Å². The average Bonchev–Trinajstić information content (AvgIpc) is 2.45. The van der Waals surface area contributed by atoms with Crippen LogP contribution in [-0.2, 0) is 11.2 Å². The third kappa shape index (κ3) is 3.47. The Bertz CT molecular complexity index is 558. The van der Waals surface area contributed by atoms with E-state index >= 15 is 0 Å². The van der Waals surface area contributed by atoms with E-state index in [-0.39, 0.29) is 0 Å². The molecule has 0 fully saturated rings. The van der Waals surface area contributed by atoms with Crippen LogP contribution in [0.25, 0.3) is 0 Å². The largest absolute Gasteiger partial charge is 0.384 e. The molecule has 20 heavy (non-hydrogen) atoms. The Kier molecular flexibility index (Phi) is 4.94. The number of rotatable bonds is 5. The highest BCUT2D eigenvalue weighted by Gasteiger charge is 2.12. The van der Waals surface area contributed by atoms with Crippen LogP contribution in [0.3, 0.4) is 0 Å². The van der Waals surface area contributed by atoms with E-state index in [1.54, 1.807) is 7.11 Å². The van der Waals surface area contributed by atoms with E-state index in [0.717, 1.165) is 29.7 Å². The van der Waals surface area contributed by atoms with Crippen LogP contribution in [0.5, 0.6) is 0 Å². The Hall–Kier alpha value is -1.64. The number of methoxy groups -OCH3 is 1. The lowest BCUT2D eigenvalue weighted by Crippen LogP contribution is -2.03. The van der Waals surface area contributed by atoms with Gasteiger partial charge in [0.05, 0.1) is 6.61 Å². The van der Waals surface area contributed by atoms with Gasteiger partial charge in [0.1, 0.15) is 6.10 Å². The van der Waals surface area contributed by atoms with Gasteiger partial charge in [-0.25, -0.2) is 0 Å². The van der Waals surface area contributed by atoms with E-state index in [4.69, 9.17) is 4.74 Å². The maximum atomic E-state index is 10.5. The van der Waals surface area contributed by atoms with Gasteiger partial charge in [-0.2, -0.15) is 0 Å². The summed E-state index contributed by atoms with van der Waals surface area (Å²) < 4.78 is 5.07. The fraction of sp³-hybridized carbons (Fsp3) is 0.333. The van der Waals surface area contributed by atoms with Crippen LogP contribution in [0, 0.1) is 13.8 Å². The molecule has 2 aromatic rings. The zero-order chi connectivity index (χ0) is 14.5. The monoisotopic (exact) mass is 270 g/mol. The molecule has 0 heterocycles. The SMILES string of the molecule is COCCc1ccc(C(O)c2ccc(C)cc2C)cc1. The summed E-state index contributed by atoms with van der Waals surface area (Å²) in [7, 11) is 1.71. The van der Waals surface area contributed by atoms with Crippen molar-refractivity contribution in [2.75, 3.05) is 13.7 Å². The van der Waals surface area contributed by atoms with Crippen LogP contribution in [0.1, 0.15) is 33.9 Å². The molecule has 0 saturated carbocycles. The van der Waals surface area contributed by atoms with Crippen LogP contribution >= 0.6 is 0 Å². The standard InChI is InChI=1S/C18H22O2/c1-13-4-9-17(14(2)12-13)18(19)16-7-5-15(6-8-16)10-11-20-3/h4-9,12,18-19H,10-11H2,1-3H3. The first kappa shape index (κ1) is 14.8. The minimum atomic E-state index is -0.563. The molecule has 0 spiro atoms. The molecule has 2 rings (SSSR count). The van der Waals surface area contributed by atoms with Crippen molar-refractivity contribution in [2.45, 2.75) is 26.4 Å². The summed E-state index contributed by atoms with van der Waals surface area (Å²) in [4.78, 5) is 0. The lowest BCUT2D eigenvalue weighted by molar-refractivity contribution is 0.202. The molecule has 0 aromatic heterocycles. The molecule has 106 valence electrons. The smallest absolute Gasteiger partial charge is 0.104 e. The van der Waals surface area contributed by atoms with Crippen LogP contribution in [-0.4, -0.2) is 18.8 Å². The average molecular weight is 270 g/mol. The topological polar surface area (TPSA) is 29.5 Å². The van der Waals surface area contributed by atoms with Crippen LogP contribution in [0.15, 0.2) is 42.5 Å². The molecule has 1 unspecified atom stereocenters. The molecule has 1 atom stereocenters. The summed E-state index contributed by atoms with van der Waals surface area (Å²) in [5, 5.41) is 10.5. The molecule has 0 saturated heterocycles. The highest BCUT2D eigenvalue weighted by molar-refractivity contribution is 5.38. The maximum Gasteiger partial charge on any atom is 0.104 e. The minimum Gasteiger partial charge on any atom is -0.384 e. The molecule has 0 radical (unpaired) electrons. The van der Waals surface area contributed by atoms with Gasteiger partial charge in [0.2, 0.25) is 0 Å². The van der Waals surface area contributed by atoms with E-state index in [1.165, 1.54) is 11.1 Å². The van der Waals surface area contributed by atoms with Gasteiger partial charge in [0.25, 0.3) is 0 Å². The van der Waals surface area contributed by atoms with Crippen LogP contribution < -0.4 is 0 Å². The van der Waals surface area contributed by atoms with Gasteiger partial charge in [-0.05, 0) is 42.5 Å². The number of benzene rings is 2. The summed E-state index contributed by atoms with van der Waals surface area (Å²) in [6.45, 7) is 4.82. The Morgan fingerprint density at radius 2 is 1.75 bits per heavy atom. The van der Waals surface area contributed by atoms with Gasteiger partial charge >= 0.3 is 0 Å². The van der Waals surface area contributed by atoms with Crippen molar-refractivity contribution >= 4 is 0 Å². The first-order chi connectivity index (χ1) is 9.61. The maximum absolute atomic E-state index is 10.5. The molecule has 0 aliphatic carbocycles. The van der Waals surface area contributed by atoms with E-state index in [0.29, 0.717) is 0 Å². The molecule has 2 aromatic carbocycles. The number of hydrogen-bond donors (Lipinski definition) is 1. The molecule has 2 heteroatoms. The molecular formula is C18H22O2. The van der Waals surface area contributed by atoms with E-state index in [2.05, 4.69) is 25.1 Å². The Balaban J connectivity index is 2.18. The predicted molar refractivity (Wildman–Crippen MR) is 82.0 cm³/mol. The van der Waals surface area contributed by atoms with Gasteiger partial charge in [0.15, 0.2) is 0 Å². The highest BCUT2D eigenvalue weighted by atomic mass is 16.5. The first-order valence-electron chi connectivity index (χ1n) is 6.95. The van der Waals surface area contributed by atoms with Crippen LogP contribution in [0.2, 0.25) is 0 Å². The number of aryl methyl sites for hydroxylation is 2. The lowest BCUT2D eigenvalue weighted by Gasteiger charge is -2.15. The van der Waals surface area contributed by atoms with Gasteiger partial charge in [-0.3, -0.25) is 0 Å². The lowest BCUT2D eigenvalue weighted by atomic mass is 9.95. The van der Waals surface area contributed by atoms with Gasteiger partial charge < -0.3 is 9.84 Å². The highest BCUT2D eigenvalue weighted by Crippen LogP contribution is 2.25. The summed E-state index contributed by atoms with van der Waals surface area (Å²) in [5.41, 5.74) is 5.47. The van der Waals surface area contributed by atoms with Crippen molar-refractivity contribution in [3.63, 3.8) is 0 Å². The zero-order valence-corrected chi connectivity index (χ0v) is 12.4. The number of ether oxygens (including phenoxy) is 1. The number of aliphatic hydroxyl groups is 1. The second-order valence-corrected chi connectivity index (χ2v) is 5.25. The summed E-state index contributed by atoms with van der Waals surface area (Å²) in [6.07, 6.45) is 0.336. The quantitative estimate of drug-likeness (QED) is 0.900. The summed E-state index contributed by atoms with van der Waals surface area (Å²) in [6, 6.07) is 14.3. The van der Waals surface area contributed by atoms with Gasteiger partial charge in [-0.1, -0.05) is 48.0 Å². The second-order valence-electron chi connectivity index (χ2n) is 5.25. The van der Waals surface area contributed by atoms with Gasteiger partial charge in [0, 0.05) is 7.11 Å². The van der Waals surface area contributed by atoms with E-state index in [1.807, 2.05) is 31.2 Å². The van der Waals surface area contributed by atoms with Crippen molar-refractivity contribution in [1.82, 2.24) is 0 Å². The fourth-order valence-electron chi connectivity index (χ4n) is 2.40. The molecule has 0 amide bonds. The summed E-state index contributed by atoms with van der Waals surface area (Å²) >= 11 is 0. The number of hydrogen-bond acceptors (Lipinski definition) is 2. The zero-order valence-electron chi connectivity index (χ0n) is 12.4. The van der Waals surface area contributed by atoms with E-state index < -0.39 is 6.10 Å². The van der Waals surface area contributed by atoms with Crippen molar-refractivity contribution in [1.29, 1.82) is 0 Å². The van der Waals surface area contributed by atoms with Crippen molar-refractivity contribution < 1.29 is 9.84 Å². The fourth-order valence-corrected chi connectivity index (χ4v) is 2.40. The molecule has 2 nitrogen and oxygen atoms in total. The third-order valence-corrected chi connectivity index (χ3v) is 3.61. The summed E-state index contributed by atoms with van der Waals surface area (Å²) in [5.74, 6) is 0. The Morgan fingerprint density at radius 1 is 1.05 bits per heavy atom. The second kappa shape index (κ2) is 6.69. The molecule has 0 aliphatic heterocycles. The Labute approximate surface area is 121 Å². The molecular weight excluding hydrogens is 248 g/mol.